The highest BCUT2D eigenvalue weighted by Gasteiger charge is 2.29. The molecule has 0 bridgehead atoms. The maximum absolute atomic E-state index is 12.6. The number of amides is 1. The molecule has 0 aliphatic carbocycles. The van der Waals surface area contributed by atoms with E-state index >= 15 is 0 Å². The van der Waals surface area contributed by atoms with Crippen molar-refractivity contribution in [2.24, 2.45) is 0 Å². The van der Waals surface area contributed by atoms with E-state index in [1.807, 2.05) is 17.9 Å². The Hall–Kier alpha value is -3.09. The standard InChI is InChI=1S/C18H18N6O/c1-12-22-15(10-16(23-12)17-20-7-8-21-17)14-4-9-24(11-14)18(25)13-2-5-19-6-3-13/h2-3,5-8,10,14H,4,9,11H2,1H3,(H,20,21)/t14-/m0/s1. The van der Waals surface area contributed by atoms with Crippen molar-refractivity contribution in [3.8, 4) is 11.5 Å². The van der Waals surface area contributed by atoms with Crippen molar-refractivity contribution < 1.29 is 4.79 Å². The van der Waals surface area contributed by atoms with Crippen molar-refractivity contribution in [1.29, 1.82) is 0 Å². The molecule has 1 amide bonds. The molecule has 4 rings (SSSR count). The number of carbonyl (C=O) groups is 1. The predicted molar refractivity (Wildman–Crippen MR) is 91.8 cm³/mol. The lowest BCUT2D eigenvalue weighted by Gasteiger charge is -2.16. The molecule has 1 aliphatic rings. The molecule has 1 saturated heterocycles. The van der Waals surface area contributed by atoms with Crippen LogP contribution < -0.4 is 0 Å². The molecule has 3 aromatic heterocycles. The molecule has 1 atom stereocenters. The van der Waals surface area contributed by atoms with Crippen LogP contribution in [0.2, 0.25) is 0 Å². The molecule has 0 aromatic carbocycles. The quantitative estimate of drug-likeness (QED) is 0.793. The summed E-state index contributed by atoms with van der Waals surface area (Å²) in [6.45, 7) is 3.27. The summed E-state index contributed by atoms with van der Waals surface area (Å²) in [4.78, 5) is 34.8. The van der Waals surface area contributed by atoms with Crippen LogP contribution in [0.5, 0.6) is 0 Å². The molecular weight excluding hydrogens is 316 g/mol. The fourth-order valence-corrected chi connectivity index (χ4v) is 3.19. The van der Waals surface area contributed by atoms with Crippen LogP contribution in [0, 0.1) is 6.92 Å². The van der Waals surface area contributed by atoms with Gasteiger partial charge in [-0.3, -0.25) is 9.78 Å². The lowest BCUT2D eigenvalue weighted by atomic mass is 10.0. The first kappa shape index (κ1) is 15.4. The van der Waals surface area contributed by atoms with E-state index in [2.05, 4.69) is 24.9 Å². The molecule has 3 aromatic rings. The van der Waals surface area contributed by atoms with E-state index in [1.54, 1.807) is 36.9 Å². The summed E-state index contributed by atoms with van der Waals surface area (Å²) in [5.41, 5.74) is 2.42. The number of carbonyl (C=O) groups excluding carboxylic acids is 1. The van der Waals surface area contributed by atoms with Gasteiger partial charge < -0.3 is 9.88 Å². The number of aromatic amines is 1. The van der Waals surface area contributed by atoms with Gasteiger partial charge in [0.15, 0.2) is 5.82 Å². The lowest BCUT2D eigenvalue weighted by Crippen LogP contribution is -2.28. The molecule has 126 valence electrons. The summed E-state index contributed by atoms with van der Waals surface area (Å²) >= 11 is 0. The molecular formula is C18H18N6O. The van der Waals surface area contributed by atoms with Gasteiger partial charge in [-0.15, -0.1) is 0 Å². The first-order chi connectivity index (χ1) is 12.2. The van der Waals surface area contributed by atoms with E-state index < -0.39 is 0 Å². The van der Waals surface area contributed by atoms with Crippen LogP contribution in [-0.4, -0.2) is 48.8 Å². The van der Waals surface area contributed by atoms with Crippen molar-refractivity contribution in [1.82, 2.24) is 29.8 Å². The van der Waals surface area contributed by atoms with Gasteiger partial charge in [0.25, 0.3) is 5.91 Å². The molecule has 1 N–H and O–H groups in total. The molecule has 1 aliphatic heterocycles. The fraction of sp³-hybridized carbons (Fsp3) is 0.278. The number of hydrogen-bond donors (Lipinski definition) is 1. The number of pyridine rings is 1. The molecule has 25 heavy (non-hydrogen) atoms. The van der Waals surface area contributed by atoms with Crippen LogP contribution in [0.4, 0.5) is 0 Å². The Morgan fingerprint density at radius 2 is 2.08 bits per heavy atom. The van der Waals surface area contributed by atoms with Gasteiger partial charge in [-0.1, -0.05) is 0 Å². The van der Waals surface area contributed by atoms with Gasteiger partial charge in [0.2, 0.25) is 0 Å². The Kier molecular flexibility index (Phi) is 3.97. The number of aromatic nitrogens is 5. The van der Waals surface area contributed by atoms with Gasteiger partial charge in [-0.2, -0.15) is 0 Å². The zero-order chi connectivity index (χ0) is 17.2. The minimum absolute atomic E-state index is 0.0435. The van der Waals surface area contributed by atoms with E-state index in [0.29, 0.717) is 17.9 Å². The van der Waals surface area contributed by atoms with Crippen molar-refractivity contribution >= 4 is 5.91 Å². The van der Waals surface area contributed by atoms with E-state index in [9.17, 15) is 4.79 Å². The number of hydrogen-bond acceptors (Lipinski definition) is 5. The Morgan fingerprint density at radius 3 is 2.84 bits per heavy atom. The maximum atomic E-state index is 12.6. The van der Waals surface area contributed by atoms with Gasteiger partial charge in [-0.05, 0) is 31.5 Å². The molecule has 7 nitrogen and oxygen atoms in total. The van der Waals surface area contributed by atoms with Crippen molar-refractivity contribution in [2.45, 2.75) is 19.3 Å². The van der Waals surface area contributed by atoms with Gasteiger partial charge in [0, 0.05) is 55.1 Å². The van der Waals surface area contributed by atoms with Gasteiger partial charge >= 0.3 is 0 Å². The van der Waals surface area contributed by atoms with E-state index in [0.717, 1.165) is 30.2 Å². The van der Waals surface area contributed by atoms with Crippen molar-refractivity contribution in [3.63, 3.8) is 0 Å². The van der Waals surface area contributed by atoms with Gasteiger partial charge in [0.1, 0.15) is 11.5 Å². The number of imidazole rings is 1. The van der Waals surface area contributed by atoms with Crippen LogP contribution in [-0.2, 0) is 0 Å². The minimum Gasteiger partial charge on any atom is -0.343 e. The van der Waals surface area contributed by atoms with E-state index in [1.165, 1.54) is 0 Å². The first-order valence-corrected chi connectivity index (χ1v) is 8.25. The van der Waals surface area contributed by atoms with E-state index in [-0.39, 0.29) is 11.8 Å². The summed E-state index contributed by atoms with van der Waals surface area (Å²) in [7, 11) is 0. The number of H-pyrrole nitrogens is 1. The Bertz CT molecular complexity index is 878. The highest BCUT2D eigenvalue weighted by Crippen LogP contribution is 2.28. The van der Waals surface area contributed by atoms with Crippen molar-refractivity contribution in [2.75, 3.05) is 13.1 Å². The average molecular weight is 334 g/mol. The summed E-state index contributed by atoms with van der Waals surface area (Å²) in [5.74, 6) is 1.69. The normalized spacial score (nSPS) is 17.0. The summed E-state index contributed by atoms with van der Waals surface area (Å²) in [6, 6.07) is 5.47. The van der Waals surface area contributed by atoms with Crippen LogP contribution >= 0.6 is 0 Å². The average Bonchev–Trinajstić information content (AvgIpc) is 3.33. The highest BCUT2D eigenvalue weighted by atomic mass is 16.2. The third-order valence-electron chi connectivity index (χ3n) is 4.42. The number of likely N-dealkylation sites (tertiary alicyclic amines) is 1. The topological polar surface area (TPSA) is 87.7 Å². The molecule has 0 saturated carbocycles. The van der Waals surface area contributed by atoms with Crippen LogP contribution in [0.25, 0.3) is 11.5 Å². The SMILES string of the molecule is Cc1nc(-c2ncc[nH]2)cc([C@H]2CCN(C(=O)c3ccncc3)C2)n1. The Balaban J connectivity index is 1.55. The molecule has 0 spiro atoms. The smallest absolute Gasteiger partial charge is 0.253 e. The summed E-state index contributed by atoms with van der Waals surface area (Å²) in [6.07, 6.45) is 7.66. The fourth-order valence-electron chi connectivity index (χ4n) is 3.19. The van der Waals surface area contributed by atoms with Crippen molar-refractivity contribution in [3.05, 3.63) is 60.1 Å². The molecule has 1 fully saturated rings. The zero-order valence-electron chi connectivity index (χ0n) is 13.9. The number of rotatable bonds is 3. The molecule has 0 unspecified atom stereocenters. The highest BCUT2D eigenvalue weighted by molar-refractivity contribution is 5.94. The van der Waals surface area contributed by atoms with Crippen LogP contribution in [0.3, 0.4) is 0 Å². The third kappa shape index (κ3) is 3.13. The van der Waals surface area contributed by atoms with Crippen LogP contribution in [0.1, 0.15) is 34.2 Å². The zero-order valence-corrected chi connectivity index (χ0v) is 13.9. The first-order valence-electron chi connectivity index (χ1n) is 8.25. The maximum Gasteiger partial charge on any atom is 0.253 e. The molecule has 4 heterocycles. The Labute approximate surface area is 145 Å². The molecule has 0 radical (unpaired) electrons. The Morgan fingerprint density at radius 1 is 1.24 bits per heavy atom. The monoisotopic (exact) mass is 334 g/mol. The lowest BCUT2D eigenvalue weighted by molar-refractivity contribution is 0.0790. The molecule has 7 heteroatoms. The number of nitrogens with one attached hydrogen (secondary N) is 1. The number of nitrogens with zero attached hydrogens (tertiary/aromatic N) is 5. The predicted octanol–water partition coefficient (Wildman–Crippen LogP) is 2.20. The second kappa shape index (κ2) is 6.43. The minimum atomic E-state index is 0.0435. The van der Waals surface area contributed by atoms with Crippen LogP contribution in [0.15, 0.2) is 43.0 Å². The van der Waals surface area contributed by atoms with E-state index in [4.69, 9.17) is 0 Å². The number of aryl methyl sites for hydroxylation is 1. The second-order valence-corrected chi connectivity index (χ2v) is 6.14. The van der Waals surface area contributed by atoms with Gasteiger partial charge in [0.05, 0.1) is 0 Å². The summed E-state index contributed by atoms with van der Waals surface area (Å²) in [5, 5.41) is 0. The second-order valence-electron chi connectivity index (χ2n) is 6.14. The summed E-state index contributed by atoms with van der Waals surface area (Å²) < 4.78 is 0. The largest absolute Gasteiger partial charge is 0.343 e. The van der Waals surface area contributed by atoms with Gasteiger partial charge in [-0.25, -0.2) is 15.0 Å². The third-order valence-corrected chi connectivity index (χ3v) is 4.42.